The molecule has 0 unspecified atom stereocenters. The molecule has 0 saturated carbocycles. The van der Waals surface area contributed by atoms with Crippen molar-refractivity contribution in [3.05, 3.63) is 64.7 Å². The van der Waals surface area contributed by atoms with Crippen LogP contribution < -0.4 is 9.47 Å². The van der Waals surface area contributed by atoms with E-state index in [1.165, 1.54) is 20.3 Å². The third kappa shape index (κ3) is 6.15. The summed E-state index contributed by atoms with van der Waals surface area (Å²) in [5.74, 6) is 0.439. The van der Waals surface area contributed by atoms with Crippen LogP contribution in [0.1, 0.15) is 28.8 Å². The highest BCUT2D eigenvalue weighted by Gasteiger charge is 2.10. The van der Waals surface area contributed by atoms with Crippen LogP contribution in [0.4, 0.5) is 0 Å². The highest BCUT2D eigenvalue weighted by molar-refractivity contribution is 6.32. The molecule has 5 nitrogen and oxygen atoms in total. The molecule has 0 radical (unpaired) electrons. The fourth-order valence-corrected chi connectivity index (χ4v) is 2.72. The normalized spacial score (nSPS) is 10.6. The summed E-state index contributed by atoms with van der Waals surface area (Å²) in [6, 6.07) is 12.4. The van der Waals surface area contributed by atoms with Gasteiger partial charge >= 0.3 is 5.97 Å². The Morgan fingerprint density at radius 2 is 1.81 bits per heavy atom. The number of ketones is 1. The smallest absolute Gasteiger partial charge is 0.330 e. The van der Waals surface area contributed by atoms with Gasteiger partial charge in [0.25, 0.3) is 0 Å². The molecule has 0 amide bonds. The Kier molecular flexibility index (Phi) is 7.89. The maximum absolute atomic E-state index is 12.0. The molecule has 0 spiro atoms. The summed E-state index contributed by atoms with van der Waals surface area (Å²) in [5, 5.41) is 0.379. The molecule has 0 atom stereocenters. The second-order valence-electron chi connectivity index (χ2n) is 5.63. The molecule has 0 N–H and O–H groups in total. The van der Waals surface area contributed by atoms with Gasteiger partial charge < -0.3 is 14.2 Å². The van der Waals surface area contributed by atoms with Crippen LogP contribution in [0, 0.1) is 0 Å². The minimum Gasteiger partial charge on any atom is -0.493 e. The molecule has 0 saturated heterocycles. The largest absolute Gasteiger partial charge is 0.493 e. The van der Waals surface area contributed by atoms with Gasteiger partial charge in [0.15, 0.2) is 17.3 Å². The summed E-state index contributed by atoms with van der Waals surface area (Å²) in [5.41, 5.74) is 1.34. The van der Waals surface area contributed by atoms with Gasteiger partial charge in [0.05, 0.1) is 25.8 Å². The van der Waals surface area contributed by atoms with Crippen LogP contribution in [0.15, 0.2) is 48.5 Å². The zero-order valence-corrected chi connectivity index (χ0v) is 16.0. The maximum Gasteiger partial charge on any atom is 0.330 e. The van der Waals surface area contributed by atoms with Gasteiger partial charge in [0.2, 0.25) is 0 Å². The van der Waals surface area contributed by atoms with E-state index < -0.39 is 5.97 Å². The quantitative estimate of drug-likeness (QED) is 0.272. The lowest BCUT2D eigenvalue weighted by molar-refractivity contribution is -0.137. The minimum atomic E-state index is -0.493. The molecule has 0 aliphatic carbocycles. The van der Waals surface area contributed by atoms with Gasteiger partial charge in [-0.3, -0.25) is 4.79 Å². The summed E-state index contributed by atoms with van der Waals surface area (Å²) in [4.78, 5) is 23.8. The summed E-state index contributed by atoms with van der Waals surface area (Å²) < 4.78 is 15.5. The van der Waals surface area contributed by atoms with Crippen LogP contribution in [-0.4, -0.2) is 32.6 Å². The fourth-order valence-electron chi connectivity index (χ4n) is 2.42. The number of benzene rings is 2. The number of carbonyl (C=O) groups is 2. The second-order valence-corrected chi connectivity index (χ2v) is 6.04. The van der Waals surface area contributed by atoms with Crippen LogP contribution >= 0.6 is 11.6 Å². The first-order chi connectivity index (χ1) is 13.0. The Labute approximate surface area is 163 Å². The summed E-state index contributed by atoms with van der Waals surface area (Å²) in [7, 11) is 3.01. The molecular weight excluding hydrogens is 368 g/mol. The van der Waals surface area contributed by atoms with E-state index in [4.69, 9.17) is 25.8 Å². The molecule has 0 aliphatic rings. The number of ether oxygens (including phenoxy) is 3. The van der Waals surface area contributed by atoms with Gasteiger partial charge in [-0.2, -0.15) is 0 Å². The lowest BCUT2D eigenvalue weighted by Gasteiger charge is -2.10. The third-order valence-electron chi connectivity index (χ3n) is 3.76. The van der Waals surface area contributed by atoms with Gasteiger partial charge in [-0.15, -0.1) is 0 Å². The average molecular weight is 389 g/mol. The van der Waals surface area contributed by atoms with E-state index in [0.29, 0.717) is 40.5 Å². The van der Waals surface area contributed by atoms with Gasteiger partial charge in [0.1, 0.15) is 0 Å². The molecule has 27 heavy (non-hydrogen) atoms. The predicted octanol–water partition coefficient (Wildman–Crippen LogP) is 4.58. The fraction of sp³-hybridized carbons (Fsp3) is 0.238. The molecule has 0 heterocycles. The summed E-state index contributed by atoms with van der Waals surface area (Å²) in [6.07, 6.45) is 3.67. The van der Waals surface area contributed by atoms with Gasteiger partial charge in [0, 0.05) is 18.1 Å². The van der Waals surface area contributed by atoms with Gasteiger partial charge in [-0.25, -0.2) is 4.79 Å². The van der Waals surface area contributed by atoms with Crippen molar-refractivity contribution < 1.29 is 23.8 Å². The molecule has 2 aromatic carbocycles. The van der Waals surface area contributed by atoms with Gasteiger partial charge in [-0.1, -0.05) is 41.9 Å². The topological polar surface area (TPSA) is 61.8 Å². The van der Waals surface area contributed by atoms with E-state index in [9.17, 15) is 9.59 Å². The molecule has 0 aliphatic heterocycles. The van der Waals surface area contributed by atoms with Crippen LogP contribution in [0.25, 0.3) is 6.08 Å². The Morgan fingerprint density at radius 1 is 1.07 bits per heavy atom. The van der Waals surface area contributed by atoms with E-state index in [1.807, 2.05) is 18.2 Å². The molecule has 6 heteroatoms. The van der Waals surface area contributed by atoms with E-state index in [0.717, 1.165) is 0 Å². The first kappa shape index (κ1) is 20.5. The monoisotopic (exact) mass is 388 g/mol. The Balaban J connectivity index is 1.82. The molecular formula is C21H21ClO5. The van der Waals surface area contributed by atoms with Crippen LogP contribution in [0.3, 0.4) is 0 Å². The van der Waals surface area contributed by atoms with Crippen molar-refractivity contribution in [2.75, 3.05) is 20.8 Å². The molecule has 142 valence electrons. The number of esters is 1. The highest BCUT2D eigenvalue weighted by Crippen LogP contribution is 2.36. The molecule has 0 fully saturated rings. The van der Waals surface area contributed by atoms with Crippen LogP contribution in [0.2, 0.25) is 5.02 Å². The zero-order valence-electron chi connectivity index (χ0n) is 15.2. The lowest BCUT2D eigenvalue weighted by Crippen LogP contribution is -2.05. The van der Waals surface area contributed by atoms with Crippen LogP contribution in [0.5, 0.6) is 11.5 Å². The van der Waals surface area contributed by atoms with E-state index in [1.54, 1.807) is 30.3 Å². The summed E-state index contributed by atoms with van der Waals surface area (Å²) >= 11 is 6.12. The predicted molar refractivity (Wildman–Crippen MR) is 105 cm³/mol. The number of Topliss-reactive ketones (excluding diaryl/α,β-unsaturated/α-hetero) is 1. The van der Waals surface area contributed by atoms with E-state index >= 15 is 0 Å². The van der Waals surface area contributed by atoms with Crippen molar-refractivity contribution in [2.24, 2.45) is 0 Å². The molecule has 2 rings (SSSR count). The number of carbonyl (C=O) groups excluding carboxylic acids is 2. The van der Waals surface area contributed by atoms with Crippen molar-refractivity contribution in [1.29, 1.82) is 0 Å². The number of hydrogen-bond acceptors (Lipinski definition) is 5. The van der Waals surface area contributed by atoms with Crippen molar-refractivity contribution in [3.63, 3.8) is 0 Å². The zero-order chi connectivity index (χ0) is 19.6. The first-order valence-electron chi connectivity index (χ1n) is 8.39. The Hall–Kier alpha value is -2.79. The van der Waals surface area contributed by atoms with Crippen molar-refractivity contribution in [2.45, 2.75) is 12.8 Å². The van der Waals surface area contributed by atoms with Crippen molar-refractivity contribution >= 4 is 29.4 Å². The third-order valence-corrected chi connectivity index (χ3v) is 4.04. The second kappa shape index (κ2) is 10.4. The van der Waals surface area contributed by atoms with E-state index in [-0.39, 0.29) is 12.4 Å². The van der Waals surface area contributed by atoms with Crippen LogP contribution in [-0.2, 0) is 9.53 Å². The highest BCUT2D eigenvalue weighted by atomic mass is 35.5. The number of hydrogen-bond donors (Lipinski definition) is 0. The van der Waals surface area contributed by atoms with Crippen molar-refractivity contribution in [1.82, 2.24) is 0 Å². The van der Waals surface area contributed by atoms with Crippen molar-refractivity contribution in [3.8, 4) is 11.5 Å². The van der Waals surface area contributed by atoms with E-state index in [2.05, 4.69) is 0 Å². The number of rotatable bonds is 9. The molecule has 0 aromatic heterocycles. The number of methoxy groups -OCH3 is 2. The standard InChI is InChI=1S/C21H21ClO5/c1-25-19-14-15(13-17(22)21(19)26-2)10-11-20(24)27-12-6-9-18(23)16-7-4-3-5-8-16/h3-5,7-8,10-11,13-14H,6,9,12H2,1-2H3/b11-10+. The van der Waals surface area contributed by atoms with Gasteiger partial charge in [-0.05, 0) is 30.2 Å². The lowest BCUT2D eigenvalue weighted by atomic mass is 10.1. The summed E-state index contributed by atoms with van der Waals surface area (Å²) in [6.45, 7) is 0.175. The SMILES string of the molecule is COc1cc(/C=C/C(=O)OCCCC(=O)c2ccccc2)cc(Cl)c1OC. The average Bonchev–Trinajstić information content (AvgIpc) is 2.69. The number of halogens is 1. The maximum atomic E-state index is 12.0. The Morgan fingerprint density at radius 3 is 2.48 bits per heavy atom. The molecule has 2 aromatic rings. The molecule has 0 bridgehead atoms. The Bertz CT molecular complexity index is 815. The first-order valence-corrected chi connectivity index (χ1v) is 8.77. The minimum absolute atomic E-state index is 0.0298.